The van der Waals surface area contributed by atoms with E-state index in [0.717, 1.165) is 63.2 Å². The number of aryl methyl sites for hydroxylation is 1. The molecule has 30 heavy (non-hydrogen) atoms. The van der Waals surface area contributed by atoms with E-state index in [1.54, 1.807) is 0 Å². The molecular weight excluding hydrogens is 393 g/mol. The average Bonchev–Trinajstić information content (AvgIpc) is 3.14. The monoisotopic (exact) mass is 424 g/mol. The number of hydrogen-bond acceptors (Lipinski definition) is 6. The molecule has 1 fully saturated rings. The molecule has 1 aliphatic carbocycles. The molecule has 2 unspecified atom stereocenters. The number of nitrogens with one attached hydrogen (secondary N) is 1. The number of halogens is 3. The Balaban J connectivity index is 1.99. The van der Waals surface area contributed by atoms with Crippen molar-refractivity contribution in [2.24, 2.45) is 11.5 Å². The van der Waals surface area contributed by atoms with Gasteiger partial charge in [0.2, 0.25) is 0 Å². The largest absolute Gasteiger partial charge is 0.416 e. The summed E-state index contributed by atoms with van der Waals surface area (Å²) in [4.78, 5) is 11.3. The van der Waals surface area contributed by atoms with Gasteiger partial charge in [-0.3, -0.25) is 0 Å². The number of rotatable bonds is 7. The summed E-state index contributed by atoms with van der Waals surface area (Å²) in [6, 6.07) is 2.30. The van der Waals surface area contributed by atoms with Crippen LogP contribution in [0.2, 0.25) is 0 Å². The zero-order valence-corrected chi connectivity index (χ0v) is 17.6. The molecule has 1 aromatic heterocycles. The van der Waals surface area contributed by atoms with Crippen molar-refractivity contribution in [3.05, 3.63) is 41.0 Å². The predicted octanol–water partition coefficient (Wildman–Crippen LogP) is 2.90. The molecule has 2 atom stereocenters. The van der Waals surface area contributed by atoms with Crippen molar-refractivity contribution in [3.8, 4) is 0 Å². The maximum atomic E-state index is 13.4. The van der Waals surface area contributed by atoms with E-state index in [-0.39, 0.29) is 17.9 Å². The number of nitrogens with zero attached hydrogens (tertiary/aromatic N) is 3. The second kappa shape index (κ2) is 8.93. The van der Waals surface area contributed by atoms with Gasteiger partial charge in [-0.1, -0.05) is 20.3 Å². The van der Waals surface area contributed by atoms with E-state index in [1.807, 2.05) is 6.07 Å². The quantitative estimate of drug-likeness (QED) is 0.623. The smallest absolute Gasteiger partial charge is 0.402 e. The van der Waals surface area contributed by atoms with Gasteiger partial charge in [0.15, 0.2) is 5.82 Å². The van der Waals surface area contributed by atoms with Crippen LogP contribution in [0.4, 0.5) is 19.0 Å². The van der Waals surface area contributed by atoms with Crippen LogP contribution in [0.5, 0.6) is 0 Å². The number of anilines is 1. The minimum Gasteiger partial charge on any atom is -0.402 e. The summed E-state index contributed by atoms with van der Waals surface area (Å²) in [6.45, 7) is 6.65. The van der Waals surface area contributed by atoms with Crippen LogP contribution in [0.25, 0.3) is 0 Å². The van der Waals surface area contributed by atoms with Gasteiger partial charge in [0.25, 0.3) is 0 Å². The molecule has 0 bridgehead atoms. The summed E-state index contributed by atoms with van der Waals surface area (Å²) in [7, 11) is 0. The van der Waals surface area contributed by atoms with Gasteiger partial charge in [0.05, 0.1) is 5.57 Å². The molecule has 2 heterocycles. The number of allylic oxidation sites excluding steroid dienone is 2. The zero-order valence-electron chi connectivity index (χ0n) is 17.6. The van der Waals surface area contributed by atoms with Crippen molar-refractivity contribution in [1.82, 2.24) is 15.3 Å². The van der Waals surface area contributed by atoms with Gasteiger partial charge in [-0.15, -0.1) is 0 Å². The maximum absolute atomic E-state index is 13.4. The molecule has 166 valence electrons. The number of alkyl halides is 3. The average molecular weight is 425 g/mol. The highest BCUT2D eigenvalue weighted by Crippen LogP contribution is 2.37. The van der Waals surface area contributed by atoms with Gasteiger partial charge < -0.3 is 21.7 Å². The van der Waals surface area contributed by atoms with Crippen molar-refractivity contribution < 1.29 is 13.2 Å². The lowest BCUT2D eigenvalue weighted by atomic mass is 9.86. The third-order valence-corrected chi connectivity index (χ3v) is 5.55. The van der Waals surface area contributed by atoms with Crippen LogP contribution in [-0.4, -0.2) is 41.8 Å². The first-order valence-corrected chi connectivity index (χ1v) is 10.6. The van der Waals surface area contributed by atoms with Crippen molar-refractivity contribution in [2.75, 3.05) is 24.5 Å². The van der Waals surface area contributed by atoms with Gasteiger partial charge >= 0.3 is 6.18 Å². The molecule has 1 aliphatic heterocycles. The second-order valence-corrected chi connectivity index (χ2v) is 8.17. The lowest BCUT2D eigenvalue weighted by Crippen LogP contribution is -2.42. The van der Waals surface area contributed by atoms with Crippen LogP contribution in [0.15, 0.2) is 29.5 Å². The number of nitrogens with two attached hydrogens (primary N) is 2. The molecule has 9 heteroatoms. The van der Waals surface area contributed by atoms with E-state index in [2.05, 4.69) is 34.0 Å². The first kappa shape index (κ1) is 22.6. The first-order valence-electron chi connectivity index (χ1n) is 10.6. The van der Waals surface area contributed by atoms with Crippen LogP contribution in [-0.2, 0) is 12.0 Å². The van der Waals surface area contributed by atoms with Crippen LogP contribution in [0.3, 0.4) is 0 Å². The van der Waals surface area contributed by atoms with Gasteiger partial charge in [-0.25, -0.2) is 9.97 Å². The van der Waals surface area contributed by atoms with Gasteiger partial charge in [-0.2, -0.15) is 13.2 Å². The standard InChI is InChI=1S/C21H31F3N6/c1-3-5-6-16-10-18(30-8-7-17(13-30)27-4-2)29-19(28-16)20(26)11-14(21(22,23)24)9-15(25)12-20/h9-11,17,27H,3-8,12-13,25-26H2,1-2H3. The van der Waals surface area contributed by atoms with E-state index < -0.39 is 17.3 Å². The molecule has 0 radical (unpaired) electrons. The minimum atomic E-state index is -4.54. The predicted molar refractivity (Wildman–Crippen MR) is 112 cm³/mol. The van der Waals surface area contributed by atoms with Crippen LogP contribution >= 0.6 is 0 Å². The van der Waals surface area contributed by atoms with Gasteiger partial charge in [-0.05, 0) is 38.0 Å². The highest BCUT2D eigenvalue weighted by molar-refractivity contribution is 5.45. The lowest BCUT2D eigenvalue weighted by Gasteiger charge is -2.31. The molecule has 5 N–H and O–H groups in total. The van der Waals surface area contributed by atoms with E-state index in [0.29, 0.717) is 11.9 Å². The lowest BCUT2D eigenvalue weighted by molar-refractivity contribution is -0.0892. The van der Waals surface area contributed by atoms with Crippen molar-refractivity contribution >= 4 is 5.82 Å². The fourth-order valence-corrected chi connectivity index (χ4v) is 4.03. The third kappa shape index (κ3) is 5.13. The molecule has 0 saturated carbocycles. The normalized spacial score (nSPS) is 24.7. The Morgan fingerprint density at radius 1 is 1.30 bits per heavy atom. The van der Waals surface area contributed by atoms with Crippen LogP contribution < -0.4 is 21.7 Å². The molecule has 1 saturated heterocycles. The first-order chi connectivity index (χ1) is 14.1. The number of hydrogen-bond donors (Lipinski definition) is 3. The highest BCUT2D eigenvalue weighted by atomic mass is 19.4. The summed E-state index contributed by atoms with van der Waals surface area (Å²) in [5.41, 5.74) is 10.8. The van der Waals surface area contributed by atoms with Gasteiger partial charge in [0.1, 0.15) is 11.4 Å². The Kier molecular flexibility index (Phi) is 6.71. The Bertz CT molecular complexity index is 819. The van der Waals surface area contributed by atoms with Crippen molar-refractivity contribution in [3.63, 3.8) is 0 Å². The Morgan fingerprint density at radius 2 is 2.07 bits per heavy atom. The molecule has 3 rings (SSSR count). The molecule has 2 aliphatic rings. The molecule has 6 nitrogen and oxygen atoms in total. The molecule has 0 spiro atoms. The molecule has 0 aromatic carbocycles. The Hall–Kier alpha value is -2.13. The number of unbranched alkanes of at least 4 members (excludes halogenated alkanes) is 1. The van der Waals surface area contributed by atoms with Crippen LogP contribution in [0, 0.1) is 0 Å². The van der Waals surface area contributed by atoms with Gasteiger partial charge in [0, 0.05) is 43.0 Å². The van der Waals surface area contributed by atoms with Crippen molar-refractivity contribution in [1.29, 1.82) is 0 Å². The van der Waals surface area contributed by atoms with E-state index in [1.165, 1.54) is 0 Å². The van der Waals surface area contributed by atoms with E-state index in [9.17, 15) is 13.2 Å². The number of aromatic nitrogens is 2. The summed E-state index contributed by atoms with van der Waals surface area (Å²) < 4.78 is 40.1. The van der Waals surface area contributed by atoms with Crippen LogP contribution in [0.1, 0.15) is 51.0 Å². The second-order valence-electron chi connectivity index (χ2n) is 8.17. The molecular formula is C21H31F3N6. The highest BCUT2D eigenvalue weighted by Gasteiger charge is 2.41. The SMILES string of the molecule is CCCCc1cc(N2CCC(NCC)C2)nc(C2(N)C=C(C(F)(F)F)C=C(N)C2)n1. The molecule has 0 amide bonds. The summed E-state index contributed by atoms with van der Waals surface area (Å²) >= 11 is 0. The van der Waals surface area contributed by atoms with E-state index in [4.69, 9.17) is 11.5 Å². The Labute approximate surface area is 175 Å². The summed E-state index contributed by atoms with van der Waals surface area (Å²) in [5, 5.41) is 3.44. The zero-order chi connectivity index (χ0) is 21.9. The maximum Gasteiger partial charge on any atom is 0.416 e. The van der Waals surface area contributed by atoms with E-state index >= 15 is 0 Å². The minimum absolute atomic E-state index is 0.0449. The summed E-state index contributed by atoms with van der Waals surface area (Å²) in [6.07, 6.45) is 1.09. The van der Waals surface area contributed by atoms with Crippen molar-refractivity contribution in [2.45, 2.75) is 63.7 Å². The fourth-order valence-electron chi connectivity index (χ4n) is 4.03. The topological polar surface area (TPSA) is 93.1 Å². The summed E-state index contributed by atoms with van der Waals surface area (Å²) in [5.74, 6) is 0.905. The fraction of sp³-hybridized carbons (Fsp3) is 0.619. The third-order valence-electron chi connectivity index (χ3n) is 5.55. The Morgan fingerprint density at radius 3 is 2.73 bits per heavy atom. The number of likely N-dealkylation sites (N-methyl/N-ethyl adjacent to an activating group) is 1. The molecule has 1 aromatic rings.